The Morgan fingerprint density at radius 2 is 1.71 bits per heavy atom. The molecule has 2 aromatic carbocycles. The predicted octanol–water partition coefficient (Wildman–Crippen LogP) is 2.91. The Morgan fingerprint density at radius 3 is 2.42 bits per heavy atom. The Balaban J connectivity index is 1.80. The molecule has 0 spiro atoms. The van der Waals surface area contributed by atoms with Gasteiger partial charge in [-0.25, -0.2) is 5.43 Å². The van der Waals surface area contributed by atoms with Gasteiger partial charge in [0.2, 0.25) is 0 Å². The second kappa shape index (κ2) is 8.98. The summed E-state index contributed by atoms with van der Waals surface area (Å²) in [6.07, 6.45) is 0.657. The Bertz CT molecular complexity index is 745. The topological polar surface area (TPSA) is 70.6 Å². The van der Waals surface area contributed by atoms with Crippen molar-refractivity contribution < 1.29 is 9.59 Å². The van der Waals surface area contributed by atoms with Crippen LogP contribution in [0.1, 0.15) is 22.8 Å². The van der Waals surface area contributed by atoms with Crippen molar-refractivity contribution in [2.45, 2.75) is 13.3 Å². The summed E-state index contributed by atoms with van der Waals surface area (Å²) < 4.78 is 0.680. The van der Waals surface area contributed by atoms with Crippen LogP contribution < -0.4 is 10.7 Å². The van der Waals surface area contributed by atoms with Crippen LogP contribution in [0.5, 0.6) is 0 Å². The van der Waals surface area contributed by atoms with Crippen molar-refractivity contribution in [3.63, 3.8) is 0 Å². The van der Waals surface area contributed by atoms with Gasteiger partial charge in [-0.3, -0.25) is 9.59 Å². The van der Waals surface area contributed by atoms with Crippen LogP contribution >= 0.6 is 15.9 Å². The molecular formula is C18H18BrN3O2. The van der Waals surface area contributed by atoms with Crippen molar-refractivity contribution in [2.24, 2.45) is 5.10 Å². The Morgan fingerprint density at radius 1 is 1.04 bits per heavy atom. The van der Waals surface area contributed by atoms with E-state index in [1.54, 1.807) is 18.2 Å². The molecule has 0 fully saturated rings. The summed E-state index contributed by atoms with van der Waals surface area (Å²) in [6, 6.07) is 16.9. The molecular weight excluding hydrogens is 370 g/mol. The highest BCUT2D eigenvalue weighted by atomic mass is 79.9. The van der Waals surface area contributed by atoms with E-state index >= 15 is 0 Å². The summed E-state index contributed by atoms with van der Waals surface area (Å²) >= 11 is 3.30. The van der Waals surface area contributed by atoms with Gasteiger partial charge in [0.25, 0.3) is 11.8 Å². The molecule has 0 bridgehead atoms. The zero-order chi connectivity index (χ0) is 17.4. The first-order chi connectivity index (χ1) is 11.6. The van der Waals surface area contributed by atoms with Crippen molar-refractivity contribution in [2.75, 3.05) is 6.54 Å². The molecule has 24 heavy (non-hydrogen) atoms. The summed E-state index contributed by atoms with van der Waals surface area (Å²) in [7, 11) is 0. The number of carbonyl (C=O) groups is 2. The van der Waals surface area contributed by atoms with Crippen molar-refractivity contribution in [3.8, 4) is 0 Å². The number of benzene rings is 2. The highest BCUT2D eigenvalue weighted by Crippen LogP contribution is 2.15. The lowest BCUT2D eigenvalue weighted by molar-refractivity contribution is -0.120. The summed E-state index contributed by atoms with van der Waals surface area (Å²) in [5, 5.41) is 6.61. The van der Waals surface area contributed by atoms with Gasteiger partial charge in [0.05, 0.1) is 12.1 Å². The SMILES string of the molecule is C/C(Cc1ccccc1)=N/NC(=O)CNC(=O)c1ccccc1Br. The van der Waals surface area contributed by atoms with Gasteiger partial charge in [-0.1, -0.05) is 42.5 Å². The molecule has 2 aromatic rings. The highest BCUT2D eigenvalue weighted by molar-refractivity contribution is 9.10. The fourth-order valence-electron chi connectivity index (χ4n) is 2.03. The van der Waals surface area contributed by atoms with Crippen molar-refractivity contribution >= 4 is 33.5 Å². The van der Waals surface area contributed by atoms with E-state index in [-0.39, 0.29) is 18.4 Å². The molecule has 0 saturated heterocycles. The van der Waals surface area contributed by atoms with Crippen LogP contribution in [0.4, 0.5) is 0 Å². The van der Waals surface area contributed by atoms with E-state index in [1.807, 2.05) is 43.3 Å². The number of carbonyl (C=O) groups excluding carboxylic acids is 2. The van der Waals surface area contributed by atoms with Gasteiger partial charge in [-0.15, -0.1) is 0 Å². The number of halogens is 1. The number of rotatable bonds is 6. The van der Waals surface area contributed by atoms with Crippen LogP contribution in [0.2, 0.25) is 0 Å². The van der Waals surface area contributed by atoms with Crippen LogP contribution in [0, 0.1) is 0 Å². The van der Waals surface area contributed by atoms with Gasteiger partial charge in [-0.2, -0.15) is 5.10 Å². The third-order valence-corrected chi connectivity index (χ3v) is 3.89. The van der Waals surface area contributed by atoms with Crippen LogP contribution in [-0.4, -0.2) is 24.1 Å². The molecule has 0 aliphatic heterocycles. The van der Waals surface area contributed by atoms with Gasteiger partial charge in [0.1, 0.15) is 0 Å². The first-order valence-electron chi connectivity index (χ1n) is 7.45. The molecule has 6 heteroatoms. The Kier molecular flexibility index (Phi) is 6.69. The Labute approximate surface area is 149 Å². The van der Waals surface area contributed by atoms with E-state index < -0.39 is 0 Å². The minimum absolute atomic E-state index is 0.137. The highest BCUT2D eigenvalue weighted by Gasteiger charge is 2.10. The zero-order valence-corrected chi connectivity index (χ0v) is 14.8. The first-order valence-corrected chi connectivity index (χ1v) is 8.24. The molecule has 2 N–H and O–H groups in total. The third-order valence-electron chi connectivity index (χ3n) is 3.20. The van der Waals surface area contributed by atoms with E-state index in [1.165, 1.54) is 0 Å². The maximum absolute atomic E-state index is 12.0. The molecule has 0 saturated carbocycles. The standard InChI is InChI=1S/C18H18BrN3O2/c1-13(11-14-7-3-2-4-8-14)21-22-17(23)12-20-18(24)15-9-5-6-10-16(15)19/h2-10H,11-12H2,1H3,(H,20,24)(H,22,23)/b21-13-. The number of hydrogen-bond acceptors (Lipinski definition) is 3. The number of nitrogens with zero attached hydrogens (tertiary/aromatic N) is 1. The van der Waals surface area contributed by atoms with Crippen molar-refractivity contribution in [3.05, 3.63) is 70.2 Å². The molecule has 2 rings (SSSR count). The summed E-state index contributed by atoms with van der Waals surface area (Å²) in [5.74, 6) is -0.689. The number of nitrogens with one attached hydrogen (secondary N) is 2. The summed E-state index contributed by atoms with van der Waals surface area (Å²) in [5.41, 5.74) is 4.83. The van der Waals surface area contributed by atoms with E-state index in [2.05, 4.69) is 31.8 Å². The predicted molar refractivity (Wildman–Crippen MR) is 97.9 cm³/mol. The average molecular weight is 388 g/mol. The van der Waals surface area contributed by atoms with E-state index in [9.17, 15) is 9.59 Å². The van der Waals surface area contributed by atoms with Gasteiger partial charge in [0, 0.05) is 16.6 Å². The maximum atomic E-state index is 12.0. The first kappa shape index (κ1) is 17.9. The quantitative estimate of drug-likeness (QED) is 0.590. The van der Waals surface area contributed by atoms with E-state index in [0.29, 0.717) is 16.5 Å². The lowest BCUT2D eigenvalue weighted by Gasteiger charge is -2.06. The molecule has 0 aliphatic carbocycles. The van der Waals surface area contributed by atoms with E-state index in [0.717, 1.165) is 11.3 Å². The minimum atomic E-state index is -0.372. The van der Waals surface area contributed by atoms with Gasteiger partial charge < -0.3 is 5.32 Å². The van der Waals surface area contributed by atoms with Crippen LogP contribution in [-0.2, 0) is 11.2 Å². The summed E-state index contributed by atoms with van der Waals surface area (Å²) in [4.78, 5) is 23.8. The smallest absolute Gasteiger partial charge is 0.259 e. The van der Waals surface area contributed by atoms with Crippen LogP contribution in [0.25, 0.3) is 0 Å². The third kappa shape index (κ3) is 5.62. The molecule has 124 valence electrons. The van der Waals surface area contributed by atoms with E-state index in [4.69, 9.17) is 0 Å². The number of hydrogen-bond donors (Lipinski definition) is 2. The lowest BCUT2D eigenvalue weighted by Crippen LogP contribution is -2.35. The molecule has 5 nitrogen and oxygen atoms in total. The van der Waals surface area contributed by atoms with Crippen LogP contribution in [0.15, 0.2) is 64.2 Å². The van der Waals surface area contributed by atoms with Crippen molar-refractivity contribution in [1.29, 1.82) is 0 Å². The molecule has 2 amide bonds. The largest absolute Gasteiger partial charge is 0.343 e. The number of amides is 2. The van der Waals surface area contributed by atoms with Gasteiger partial charge in [0.15, 0.2) is 0 Å². The van der Waals surface area contributed by atoms with Gasteiger partial charge in [-0.05, 0) is 40.5 Å². The molecule has 0 aromatic heterocycles. The zero-order valence-electron chi connectivity index (χ0n) is 13.3. The number of hydrazone groups is 1. The lowest BCUT2D eigenvalue weighted by atomic mass is 10.1. The second-order valence-electron chi connectivity index (χ2n) is 5.21. The maximum Gasteiger partial charge on any atom is 0.259 e. The molecule has 0 unspecified atom stereocenters. The molecule has 0 aliphatic rings. The van der Waals surface area contributed by atoms with Crippen molar-refractivity contribution in [1.82, 2.24) is 10.7 Å². The van der Waals surface area contributed by atoms with Crippen LogP contribution in [0.3, 0.4) is 0 Å². The fourth-order valence-corrected chi connectivity index (χ4v) is 2.49. The molecule has 0 atom stereocenters. The minimum Gasteiger partial charge on any atom is -0.343 e. The Hall–Kier alpha value is -2.47. The van der Waals surface area contributed by atoms with Gasteiger partial charge >= 0.3 is 0 Å². The fraction of sp³-hybridized carbons (Fsp3) is 0.167. The normalized spacial score (nSPS) is 11.0. The second-order valence-corrected chi connectivity index (χ2v) is 6.06. The monoisotopic (exact) mass is 387 g/mol. The molecule has 0 radical (unpaired) electrons. The molecule has 0 heterocycles. The average Bonchev–Trinajstić information content (AvgIpc) is 2.59. The summed E-state index contributed by atoms with van der Waals surface area (Å²) in [6.45, 7) is 1.70.